The lowest BCUT2D eigenvalue weighted by Crippen LogP contribution is -1.97. The normalized spacial score (nSPS) is 13.3. The topological polar surface area (TPSA) is 40.5 Å². The molecule has 0 amide bonds. The highest BCUT2D eigenvalue weighted by Gasteiger charge is 2.00. The highest BCUT2D eigenvalue weighted by atomic mass is 16.3. The number of terminal acetylenes is 2. The van der Waals surface area contributed by atoms with Crippen molar-refractivity contribution in [1.82, 2.24) is 0 Å². The molecule has 0 bridgehead atoms. The first-order chi connectivity index (χ1) is 23.6. The van der Waals surface area contributed by atoms with Crippen LogP contribution in [0.5, 0.6) is 0 Å². The minimum atomic E-state index is -0.888. The molecule has 0 fully saturated rings. The average molecular weight is 655 g/mol. The zero-order chi connectivity index (χ0) is 35.0. The summed E-state index contributed by atoms with van der Waals surface area (Å²) < 4.78 is 0. The number of hydrogen-bond acceptors (Lipinski definition) is 2. The standard InChI is InChI=1S/C46H70O2/c1-4-7-8-9-10-11-12-15-18-21-24-29-34-39-44(5-2)40-35-30-27-28-33-38-43-46(48)42-37-32-26-23-20-17-14-13-16-19-22-25-31-36-41-45(47)6-3/h2-3,14,17,28,33,35-36,40-41,44-48H,4,7-13,15-16,18-27,29-32,34,39H2,1H3/b17-14-,33-28+,40-35-,41-36+/t44?,45-,46+/m1/s1. The van der Waals surface area contributed by atoms with E-state index in [0.717, 1.165) is 64.2 Å². The first-order valence-corrected chi connectivity index (χ1v) is 19.5. The van der Waals surface area contributed by atoms with E-state index in [1.165, 1.54) is 103 Å². The van der Waals surface area contributed by atoms with Gasteiger partial charge in [0.25, 0.3) is 0 Å². The zero-order valence-electron chi connectivity index (χ0n) is 30.8. The molecule has 0 aromatic heterocycles. The maximum absolute atomic E-state index is 9.96. The van der Waals surface area contributed by atoms with Crippen LogP contribution in [0.3, 0.4) is 0 Å². The van der Waals surface area contributed by atoms with E-state index in [1.54, 1.807) is 6.08 Å². The van der Waals surface area contributed by atoms with Crippen LogP contribution in [0.1, 0.15) is 174 Å². The molecule has 0 aliphatic carbocycles. The number of aliphatic hydroxyl groups excluding tert-OH is 2. The summed E-state index contributed by atoms with van der Waals surface area (Å²) in [5.41, 5.74) is 0. The molecule has 0 saturated carbocycles. The molecule has 2 N–H and O–H groups in total. The second-order valence-corrected chi connectivity index (χ2v) is 13.0. The van der Waals surface area contributed by atoms with Crippen LogP contribution in [0.2, 0.25) is 0 Å². The minimum Gasteiger partial charge on any atom is -0.377 e. The van der Waals surface area contributed by atoms with Gasteiger partial charge in [-0.15, -0.1) is 12.8 Å². The second-order valence-electron chi connectivity index (χ2n) is 13.0. The lowest BCUT2D eigenvalue weighted by atomic mass is 9.99. The van der Waals surface area contributed by atoms with Gasteiger partial charge in [-0.25, -0.2) is 0 Å². The zero-order valence-corrected chi connectivity index (χ0v) is 30.8. The van der Waals surface area contributed by atoms with Crippen LogP contribution in [0, 0.1) is 54.3 Å². The molecule has 0 aromatic carbocycles. The van der Waals surface area contributed by atoms with E-state index in [4.69, 9.17) is 12.8 Å². The van der Waals surface area contributed by atoms with Gasteiger partial charge in [-0.3, -0.25) is 0 Å². The molecular formula is C46H70O2. The van der Waals surface area contributed by atoms with E-state index in [1.807, 2.05) is 18.2 Å². The number of unbranched alkanes of at least 4 members (excludes halogenated alkanes) is 21. The summed E-state index contributed by atoms with van der Waals surface area (Å²) in [6.07, 6.45) is 57.5. The Morgan fingerprint density at radius 2 is 1.04 bits per heavy atom. The average Bonchev–Trinajstić information content (AvgIpc) is 3.10. The summed E-state index contributed by atoms with van der Waals surface area (Å²) in [7, 11) is 0. The molecule has 2 nitrogen and oxygen atoms in total. The van der Waals surface area contributed by atoms with Gasteiger partial charge >= 0.3 is 0 Å². The molecule has 0 aliphatic heterocycles. The largest absolute Gasteiger partial charge is 0.377 e. The van der Waals surface area contributed by atoms with Crippen LogP contribution in [-0.2, 0) is 0 Å². The van der Waals surface area contributed by atoms with Gasteiger partial charge in [0.05, 0.1) is 0 Å². The Morgan fingerprint density at radius 1 is 0.521 bits per heavy atom. The predicted octanol–water partition coefficient (Wildman–Crippen LogP) is 12.0. The van der Waals surface area contributed by atoms with E-state index in [0.29, 0.717) is 0 Å². The van der Waals surface area contributed by atoms with Crippen molar-refractivity contribution < 1.29 is 10.2 Å². The van der Waals surface area contributed by atoms with Crippen molar-refractivity contribution in [1.29, 1.82) is 0 Å². The Bertz CT molecular complexity index is 1040. The first-order valence-electron chi connectivity index (χ1n) is 19.5. The maximum Gasteiger partial charge on any atom is 0.176 e. The molecule has 2 heteroatoms. The van der Waals surface area contributed by atoms with Crippen molar-refractivity contribution in [2.24, 2.45) is 5.92 Å². The Morgan fingerprint density at radius 3 is 1.65 bits per heavy atom. The Balaban J connectivity index is 3.72. The van der Waals surface area contributed by atoms with E-state index in [9.17, 15) is 10.2 Å². The molecule has 0 rings (SSSR count). The Hall–Kier alpha value is -2.88. The summed E-state index contributed by atoms with van der Waals surface area (Å²) in [6.45, 7) is 2.28. The van der Waals surface area contributed by atoms with Crippen molar-refractivity contribution in [3.05, 3.63) is 48.6 Å². The van der Waals surface area contributed by atoms with Gasteiger partial charge in [0.2, 0.25) is 0 Å². The lowest BCUT2D eigenvalue weighted by Gasteiger charge is -2.06. The molecule has 0 aliphatic rings. The molecule has 3 atom stereocenters. The van der Waals surface area contributed by atoms with Crippen molar-refractivity contribution in [2.75, 3.05) is 0 Å². The molecule has 0 saturated heterocycles. The van der Waals surface area contributed by atoms with Gasteiger partial charge < -0.3 is 10.2 Å². The van der Waals surface area contributed by atoms with E-state index >= 15 is 0 Å². The molecular weight excluding hydrogens is 585 g/mol. The van der Waals surface area contributed by atoms with Gasteiger partial charge in [0.1, 0.15) is 6.10 Å². The number of aliphatic hydroxyl groups is 2. The van der Waals surface area contributed by atoms with Gasteiger partial charge in [-0.2, -0.15) is 0 Å². The summed E-state index contributed by atoms with van der Waals surface area (Å²) >= 11 is 0. The van der Waals surface area contributed by atoms with Crippen LogP contribution in [-0.4, -0.2) is 22.4 Å². The molecule has 48 heavy (non-hydrogen) atoms. The summed E-state index contributed by atoms with van der Waals surface area (Å²) in [6, 6.07) is 0. The summed E-state index contributed by atoms with van der Waals surface area (Å²) in [5, 5.41) is 19.2. The molecule has 266 valence electrons. The van der Waals surface area contributed by atoms with Crippen LogP contribution in [0.25, 0.3) is 0 Å². The van der Waals surface area contributed by atoms with E-state index in [2.05, 4.69) is 66.8 Å². The highest BCUT2D eigenvalue weighted by Crippen LogP contribution is 2.15. The minimum absolute atomic E-state index is 0.245. The molecule has 0 aromatic rings. The summed E-state index contributed by atoms with van der Waals surface area (Å²) in [4.78, 5) is 0. The predicted molar refractivity (Wildman–Crippen MR) is 211 cm³/mol. The van der Waals surface area contributed by atoms with Crippen molar-refractivity contribution in [3.8, 4) is 48.4 Å². The smallest absolute Gasteiger partial charge is 0.176 e. The van der Waals surface area contributed by atoms with E-state index in [-0.39, 0.29) is 5.92 Å². The number of allylic oxidation sites excluding steroid dienone is 7. The van der Waals surface area contributed by atoms with Gasteiger partial charge in [0, 0.05) is 12.3 Å². The fourth-order valence-electron chi connectivity index (χ4n) is 5.41. The van der Waals surface area contributed by atoms with Gasteiger partial charge in [0.15, 0.2) is 6.10 Å². The van der Waals surface area contributed by atoms with Gasteiger partial charge in [-0.1, -0.05) is 175 Å². The van der Waals surface area contributed by atoms with Crippen LogP contribution in [0.4, 0.5) is 0 Å². The second kappa shape index (κ2) is 38.6. The highest BCUT2D eigenvalue weighted by molar-refractivity contribution is 5.24. The molecule has 0 heterocycles. The first kappa shape index (κ1) is 45.1. The molecule has 0 spiro atoms. The third-order valence-corrected chi connectivity index (χ3v) is 8.43. The van der Waals surface area contributed by atoms with Crippen LogP contribution < -0.4 is 0 Å². The summed E-state index contributed by atoms with van der Waals surface area (Å²) in [5.74, 6) is 17.0. The van der Waals surface area contributed by atoms with Crippen LogP contribution in [0.15, 0.2) is 48.6 Å². The maximum atomic E-state index is 9.96. The van der Waals surface area contributed by atoms with Crippen molar-refractivity contribution >= 4 is 0 Å². The van der Waals surface area contributed by atoms with Crippen molar-refractivity contribution in [3.63, 3.8) is 0 Å². The van der Waals surface area contributed by atoms with E-state index < -0.39 is 12.2 Å². The Labute approximate surface area is 298 Å². The monoisotopic (exact) mass is 655 g/mol. The fourth-order valence-corrected chi connectivity index (χ4v) is 5.41. The van der Waals surface area contributed by atoms with Crippen molar-refractivity contribution in [2.45, 2.75) is 186 Å². The lowest BCUT2D eigenvalue weighted by molar-refractivity contribution is 0.280. The quantitative estimate of drug-likeness (QED) is 0.0460. The third-order valence-electron chi connectivity index (χ3n) is 8.43. The third kappa shape index (κ3) is 36.0. The fraction of sp³-hybridized carbons (Fsp3) is 0.652. The Kier molecular flexibility index (Phi) is 36.3. The molecule has 0 radical (unpaired) electrons. The number of hydrogen-bond donors (Lipinski definition) is 2. The van der Waals surface area contributed by atoms with Crippen LogP contribution >= 0.6 is 0 Å². The SMILES string of the molecule is C#CC(/C=C\CC/C=C/C#C[C@@H](O)C#CCCCC/C=C\CCCCCC/C=C/[C@H](O)C#C)CCCCCCCCCCCCCCC. The molecule has 1 unspecified atom stereocenters. The number of rotatable bonds is 30. The van der Waals surface area contributed by atoms with Gasteiger partial charge in [-0.05, 0) is 76.4 Å².